The van der Waals surface area contributed by atoms with Crippen LogP contribution in [-0.2, 0) is 4.79 Å². The van der Waals surface area contributed by atoms with E-state index in [2.05, 4.69) is 0 Å². The molecule has 2 rings (SSSR count). The summed E-state index contributed by atoms with van der Waals surface area (Å²) in [4.78, 5) is 11.2. The molecule has 16 heavy (non-hydrogen) atoms. The van der Waals surface area contributed by atoms with E-state index >= 15 is 0 Å². The second-order valence-corrected chi connectivity index (χ2v) is 4.30. The van der Waals surface area contributed by atoms with Crippen molar-refractivity contribution in [2.24, 2.45) is 5.92 Å². The van der Waals surface area contributed by atoms with Crippen LogP contribution in [0.3, 0.4) is 0 Å². The van der Waals surface area contributed by atoms with Crippen molar-refractivity contribution in [2.75, 3.05) is 0 Å². The lowest BCUT2D eigenvalue weighted by atomic mass is 9.95. The van der Waals surface area contributed by atoms with Crippen LogP contribution < -0.4 is 0 Å². The molecule has 1 N–H and O–H groups in total. The van der Waals surface area contributed by atoms with Gasteiger partial charge in [0.25, 0.3) is 0 Å². The summed E-state index contributed by atoms with van der Waals surface area (Å²) in [7, 11) is 0. The van der Waals surface area contributed by atoms with E-state index in [0.717, 1.165) is 31.2 Å². The predicted molar refractivity (Wildman–Crippen MR) is 64.0 cm³/mol. The predicted octanol–water partition coefficient (Wildman–Crippen LogP) is 3.34. The van der Waals surface area contributed by atoms with Gasteiger partial charge in [-0.1, -0.05) is 43.2 Å². The van der Waals surface area contributed by atoms with Crippen molar-refractivity contribution in [3.63, 3.8) is 0 Å². The molecule has 0 aromatic heterocycles. The van der Waals surface area contributed by atoms with Crippen LogP contribution in [0.1, 0.15) is 31.2 Å². The number of aliphatic carboxylic acids is 1. The highest BCUT2D eigenvalue weighted by atomic mass is 16.4. The quantitative estimate of drug-likeness (QED) is 0.787. The fourth-order valence-corrected chi connectivity index (χ4v) is 2.32. The van der Waals surface area contributed by atoms with Crippen LogP contribution >= 0.6 is 0 Å². The lowest BCUT2D eigenvalue weighted by Crippen LogP contribution is -2.09. The summed E-state index contributed by atoms with van der Waals surface area (Å²) < 4.78 is 0. The molecule has 0 bridgehead atoms. The topological polar surface area (TPSA) is 37.3 Å². The molecule has 1 aromatic carbocycles. The summed E-state index contributed by atoms with van der Waals surface area (Å²) in [5, 5.41) is 9.23. The molecule has 1 aromatic rings. The molecule has 0 radical (unpaired) electrons. The van der Waals surface area contributed by atoms with Crippen molar-refractivity contribution in [3.05, 3.63) is 41.5 Å². The third kappa shape index (κ3) is 2.51. The summed E-state index contributed by atoms with van der Waals surface area (Å²) in [5.74, 6) is -0.520. The van der Waals surface area contributed by atoms with Gasteiger partial charge in [0.2, 0.25) is 0 Å². The summed E-state index contributed by atoms with van der Waals surface area (Å²) in [5.41, 5.74) is 1.55. The minimum atomic E-state index is -0.768. The zero-order valence-electron chi connectivity index (χ0n) is 9.23. The van der Waals surface area contributed by atoms with Crippen molar-refractivity contribution in [1.29, 1.82) is 0 Å². The minimum Gasteiger partial charge on any atom is -0.478 e. The van der Waals surface area contributed by atoms with Crippen LogP contribution in [0.25, 0.3) is 6.08 Å². The second-order valence-electron chi connectivity index (χ2n) is 4.30. The van der Waals surface area contributed by atoms with Crippen LogP contribution in [0.2, 0.25) is 0 Å². The van der Waals surface area contributed by atoms with Gasteiger partial charge in [-0.05, 0) is 30.4 Å². The first-order chi connectivity index (χ1) is 7.77. The zero-order chi connectivity index (χ0) is 11.4. The number of benzene rings is 1. The molecule has 1 aliphatic carbocycles. The number of carbonyl (C=O) groups is 1. The minimum absolute atomic E-state index is 0.248. The molecular weight excluding hydrogens is 200 g/mol. The Bertz CT molecular complexity index is 386. The molecule has 1 aliphatic rings. The maximum atomic E-state index is 11.2. The van der Waals surface area contributed by atoms with E-state index < -0.39 is 5.97 Å². The van der Waals surface area contributed by atoms with E-state index in [-0.39, 0.29) is 5.92 Å². The Morgan fingerprint density at radius 1 is 1.19 bits per heavy atom. The molecule has 84 valence electrons. The summed E-state index contributed by atoms with van der Waals surface area (Å²) in [6, 6.07) is 9.68. The average Bonchev–Trinajstić information content (AvgIpc) is 2.80. The molecule has 1 saturated carbocycles. The smallest absolute Gasteiger partial charge is 0.331 e. The third-order valence-electron chi connectivity index (χ3n) is 3.16. The second kappa shape index (κ2) is 4.97. The van der Waals surface area contributed by atoms with Crippen LogP contribution in [-0.4, -0.2) is 11.1 Å². The van der Waals surface area contributed by atoms with Crippen molar-refractivity contribution >= 4 is 12.0 Å². The van der Waals surface area contributed by atoms with E-state index in [4.69, 9.17) is 0 Å². The van der Waals surface area contributed by atoms with Crippen LogP contribution in [0.5, 0.6) is 0 Å². The van der Waals surface area contributed by atoms with Gasteiger partial charge in [-0.2, -0.15) is 0 Å². The van der Waals surface area contributed by atoms with Gasteiger partial charge in [-0.15, -0.1) is 0 Å². The van der Waals surface area contributed by atoms with Crippen LogP contribution in [0.4, 0.5) is 0 Å². The zero-order valence-corrected chi connectivity index (χ0v) is 9.23. The monoisotopic (exact) mass is 216 g/mol. The molecular formula is C14H16O2. The fraction of sp³-hybridized carbons (Fsp3) is 0.357. The Kier molecular flexibility index (Phi) is 3.40. The fourth-order valence-electron chi connectivity index (χ4n) is 2.32. The Balaban J connectivity index is 2.25. The first-order valence-electron chi connectivity index (χ1n) is 5.77. The molecule has 0 saturated heterocycles. The third-order valence-corrected chi connectivity index (χ3v) is 3.16. The normalized spacial score (nSPS) is 17.6. The van der Waals surface area contributed by atoms with Crippen molar-refractivity contribution < 1.29 is 9.90 Å². The molecule has 0 heterocycles. The largest absolute Gasteiger partial charge is 0.478 e. The highest BCUT2D eigenvalue weighted by Crippen LogP contribution is 2.32. The van der Waals surface area contributed by atoms with E-state index in [1.54, 1.807) is 0 Å². The highest BCUT2D eigenvalue weighted by molar-refractivity contribution is 5.92. The number of rotatable bonds is 3. The van der Waals surface area contributed by atoms with Gasteiger partial charge in [0, 0.05) is 5.57 Å². The standard InChI is InChI=1S/C14H16O2/c15-14(16)13(12-8-4-5-9-12)10-11-6-2-1-3-7-11/h1-3,6-7,10,12H,4-5,8-9H2,(H,15,16)/b13-10+. The van der Waals surface area contributed by atoms with E-state index in [1.807, 2.05) is 36.4 Å². The maximum absolute atomic E-state index is 11.2. The lowest BCUT2D eigenvalue weighted by molar-refractivity contribution is -0.133. The van der Waals surface area contributed by atoms with E-state index in [1.165, 1.54) is 0 Å². The Morgan fingerprint density at radius 3 is 2.38 bits per heavy atom. The number of carboxylic acid groups (broad SMARTS) is 1. The molecule has 0 spiro atoms. The Morgan fingerprint density at radius 2 is 1.81 bits per heavy atom. The number of hydrogen-bond donors (Lipinski definition) is 1. The van der Waals surface area contributed by atoms with Gasteiger partial charge in [-0.25, -0.2) is 4.79 Å². The van der Waals surface area contributed by atoms with Gasteiger partial charge in [0.05, 0.1) is 0 Å². The molecule has 1 fully saturated rings. The summed E-state index contributed by atoms with van der Waals surface area (Å²) in [6.45, 7) is 0. The SMILES string of the molecule is O=C(O)/C(=C/c1ccccc1)C1CCCC1. The van der Waals surface area contributed by atoms with Crippen LogP contribution in [0.15, 0.2) is 35.9 Å². The Hall–Kier alpha value is -1.57. The first kappa shape index (κ1) is 10.9. The summed E-state index contributed by atoms with van der Waals surface area (Å²) >= 11 is 0. The van der Waals surface area contributed by atoms with E-state index in [0.29, 0.717) is 5.57 Å². The first-order valence-corrected chi connectivity index (χ1v) is 5.77. The number of carboxylic acids is 1. The molecule has 2 nitrogen and oxygen atoms in total. The van der Waals surface area contributed by atoms with Crippen molar-refractivity contribution in [2.45, 2.75) is 25.7 Å². The van der Waals surface area contributed by atoms with Gasteiger partial charge in [0.1, 0.15) is 0 Å². The highest BCUT2D eigenvalue weighted by Gasteiger charge is 2.23. The van der Waals surface area contributed by atoms with E-state index in [9.17, 15) is 9.90 Å². The number of hydrogen-bond acceptors (Lipinski definition) is 1. The molecule has 0 aliphatic heterocycles. The summed E-state index contributed by atoms with van der Waals surface area (Å²) in [6.07, 6.45) is 6.17. The molecule has 2 heteroatoms. The van der Waals surface area contributed by atoms with Gasteiger partial charge < -0.3 is 5.11 Å². The Labute approximate surface area is 95.6 Å². The van der Waals surface area contributed by atoms with Crippen LogP contribution in [0, 0.1) is 5.92 Å². The van der Waals surface area contributed by atoms with Gasteiger partial charge in [-0.3, -0.25) is 0 Å². The van der Waals surface area contributed by atoms with Crippen molar-refractivity contribution in [3.8, 4) is 0 Å². The average molecular weight is 216 g/mol. The molecule has 0 atom stereocenters. The lowest BCUT2D eigenvalue weighted by Gasteiger charge is -2.09. The molecule has 0 unspecified atom stereocenters. The van der Waals surface area contributed by atoms with Gasteiger partial charge >= 0.3 is 5.97 Å². The maximum Gasteiger partial charge on any atom is 0.331 e. The van der Waals surface area contributed by atoms with Crippen molar-refractivity contribution in [1.82, 2.24) is 0 Å². The molecule has 0 amide bonds. The van der Waals surface area contributed by atoms with Gasteiger partial charge in [0.15, 0.2) is 0 Å².